The van der Waals surface area contributed by atoms with Crippen LogP contribution in [0.3, 0.4) is 0 Å². The Hall–Kier alpha value is -1.63. The van der Waals surface area contributed by atoms with Gasteiger partial charge in [0.1, 0.15) is 5.82 Å². The first-order valence-corrected chi connectivity index (χ1v) is 13.1. The standard InChI is InChI=1S/C30H41F/c1-3-7-22-13-17-24(18-14-22)28-11-6-12-29(26-9-5-10-27(31)21-26)30(28)25-19-15-23(8-4-2)16-20-25/h5-6,9-12,21-25H,3-4,7-8,13-20H2,1-2H3. The summed E-state index contributed by atoms with van der Waals surface area (Å²) in [6.45, 7) is 4.64. The Balaban J connectivity index is 1.66. The molecule has 2 aromatic rings. The molecule has 0 aliphatic heterocycles. The van der Waals surface area contributed by atoms with Gasteiger partial charge in [-0.3, -0.25) is 0 Å². The van der Waals surface area contributed by atoms with Gasteiger partial charge in [-0.25, -0.2) is 4.39 Å². The average Bonchev–Trinajstić information content (AvgIpc) is 2.80. The Morgan fingerprint density at radius 1 is 0.710 bits per heavy atom. The molecular formula is C30H41F. The second-order valence-electron chi connectivity index (χ2n) is 10.3. The highest BCUT2D eigenvalue weighted by atomic mass is 19.1. The summed E-state index contributed by atoms with van der Waals surface area (Å²) in [7, 11) is 0. The number of hydrogen-bond donors (Lipinski definition) is 0. The molecule has 2 aromatic carbocycles. The van der Waals surface area contributed by atoms with Crippen LogP contribution in [0.1, 0.15) is 114 Å². The first-order valence-electron chi connectivity index (χ1n) is 13.1. The van der Waals surface area contributed by atoms with Gasteiger partial charge >= 0.3 is 0 Å². The van der Waals surface area contributed by atoms with Gasteiger partial charge in [-0.15, -0.1) is 0 Å². The van der Waals surface area contributed by atoms with E-state index in [0.717, 1.165) is 17.4 Å². The van der Waals surface area contributed by atoms with Gasteiger partial charge in [0.25, 0.3) is 0 Å². The molecule has 0 radical (unpaired) electrons. The van der Waals surface area contributed by atoms with Gasteiger partial charge in [-0.1, -0.05) is 69.9 Å². The van der Waals surface area contributed by atoms with Crippen LogP contribution in [0.2, 0.25) is 0 Å². The highest BCUT2D eigenvalue weighted by molar-refractivity contribution is 5.70. The van der Waals surface area contributed by atoms with Crippen LogP contribution >= 0.6 is 0 Å². The quantitative estimate of drug-likeness (QED) is 0.418. The van der Waals surface area contributed by atoms with E-state index < -0.39 is 0 Å². The Morgan fingerprint density at radius 2 is 1.29 bits per heavy atom. The fourth-order valence-electron chi connectivity index (χ4n) is 6.62. The van der Waals surface area contributed by atoms with Gasteiger partial charge in [0.2, 0.25) is 0 Å². The number of halogens is 1. The van der Waals surface area contributed by atoms with Crippen molar-refractivity contribution in [2.45, 2.75) is 103 Å². The van der Waals surface area contributed by atoms with Crippen molar-refractivity contribution in [1.82, 2.24) is 0 Å². The van der Waals surface area contributed by atoms with Gasteiger partial charge < -0.3 is 0 Å². The van der Waals surface area contributed by atoms with Crippen LogP contribution in [-0.4, -0.2) is 0 Å². The molecule has 0 atom stereocenters. The van der Waals surface area contributed by atoms with E-state index in [-0.39, 0.29) is 5.82 Å². The summed E-state index contributed by atoms with van der Waals surface area (Å²) in [6.07, 6.45) is 16.1. The molecule has 0 N–H and O–H groups in total. The van der Waals surface area contributed by atoms with E-state index in [1.54, 1.807) is 23.3 Å². The van der Waals surface area contributed by atoms with E-state index >= 15 is 0 Å². The molecule has 0 bridgehead atoms. The first kappa shape index (κ1) is 22.6. The minimum atomic E-state index is -0.124. The first-order chi connectivity index (χ1) is 15.2. The zero-order chi connectivity index (χ0) is 21.6. The van der Waals surface area contributed by atoms with E-state index in [2.05, 4.69) is 38.1 Å². The SMILES string of the molecule is CCCC1CCC(c2cccc(-c3cccc(F)c3)c2C2CCC(CCC)CC2)CC1. The molecule has 2 aliphatic rings. The zero-order valence-corrected chi connectivity index (χ0v) is 19.7. The number of hydrogen-bond acceptors (Lipinski definition) is 0. The van der Waals surface area contributed by atoms with Crippen molar-refractivity contribution in [3.05, 3.63) is 59.4 Å². The monoisotopic (exact) mass is 420 g/mol. The maximum Gasteiger partial charge on any atom is 0.123 e. The number of rotatable bonds is 7. The lowest BCUT2D eigenvalue weighted by Gasteiger charge is -2.35. The molecule has 0 aromatic heterocycles. The predicted octanol–water partition coefficient (Wildman–Crippen LogP) is 9.64. The molecule has 168 valence electrons. The molecular weight excluding hydrogens is 379 g/mol. The summed E-state index contributed by atoms with van der Waals surface area (Å²) in [5.41, 5.74) is 5.52. The van der Waals surface area contributed by atoms with Crippen molar-refractivity contribution in [2.75, 3.05) is 0 Å². The molecule has 0 heterocycles. The molecule has 2 saturated carbocycles. The highest BCUT2D eigenvalue weighted by Gasteiger charge is 2.30. The Bertz CT molecular complexity index is 822. The third-order valence-corrected chi connectivity index (χ3v) is 8.21. The van der Waals surface area contributed by atoms with Crippen molar-refractivity contribution < 1.29 is 4.39 Å². The topological polar surface area (TPSA) is 0 Å². The van der Waals surface area contributed by atoms with Crippen LogP contribution < -0.4 is 0 Å². The van der Waals surface area contributed by atoms with Gasteiger partial charge in [-0.05, 0) is 109 Å². The molecule has 2 aliphatic carbocycles. The summed E-state index contributed by atoms with van der Waals surface area (Å²) >= 11 is 0. The van der Waals surface area contributed by atoms with Gasteiger partial charge in [0.15, 0.2) is 0 Å². The Morgan fingerprint density at radius 3 is 1.87 bits per heavy atom. The molecule has 0 nitrogen and oxygen atoms in total. The van der Waals surface area contributed by atoms with Crippen LogP contribution in [-0.2, 0) is 0 Å². The molecule has 31 heavy (non-hydrogen) atoms. The third-order valence-electron chi connectivity index (χ3n) is 8.21. The second-order valence-corrected chi connectivity index (χ2v) is 10.3. The smallest absolute Gasteiger partial charge is 0.123 e. The fourth-order valence-corrected chi connectivity index (χ4v) is 6.62. The van der Waals surface area contributed by atoms with E-state index in [4.69, 9.17) is 0 Å². The minimum absolute atomic E-state index is 0.124. The number of benzene rings is 2. The summed E-state index contributed by atoms with van der Waals surface area (Å²) in [5, 5.41) is 0. The van der Waals surface area contributed by atoms with Crippen molar-refractivity contribution in [3.8, 4) is 11.1 Å². The van der Waals surface area contributed by atoms with Crippen molar-refractivity contribution in [3.63, 3.8) is 0 Å². The maximum atomic E-state index is 14.1. The Labute approximate surface area is 189 Å². The van der Waals surface area contributed by atoms with Gasteiger partial charge in [0.05, 0.1) is 0 Å². The second kappa shape index (κ2) is 10.8. The molecule has 0 spiro atoms. The summed E-state index contributed by atoms with van der Waals surface area (Å²) in [5.74, 6) is 3.04. The lowest BCUT2D eigenvalue weighted by atomic mass is 9.70. The normalized spacial score (nSPS) is 26.7. The predicted molar refractivity (Wildman–Crippen MR) is 131 cm³/mol. The van der Waals surface area contributed by atoms with Gasteiger partial charge in [-0.2, -0.15) is 0 Å². The van der Waals surface area contributed by atoms with Gasteiger partial charge in [0, 0.05) is 0 Å². The maximum absolute atomic E-state index is 14.1. The average molecular weight is 421 g/mol. The van der Waals surface area contributed by atoms with E-state index in [9.17, 15) is 4.39 Å². The fraction of sp³-hybridized carbons (Fsp3) is 0.600. The molecule has 0 saturated heterocycles. The highest BCUT2D eigenvalue weighted by Crippen LogP contribution is 2.47. The molecule has 4 rings (SSSR count). The zero-order valence-electron chi connectivity index (χ0n) is 19.7. The van der Waals surface area contributed by atoms with Crippen molar-refractivity contribution in [2.24, 2.45) is 11.8 Å². The lowest BCUT2D eigenvalue weighted by Crippen LogP contribution is -2.19. The van der Waals surface area contributed by atoms with E-state index in [0.29, 0.717) is 11.8 Å². The van der Waals surface area contributed by atoms with Crippen LogP contribution in [0.25, 0.3) is 11.1 Å². The van der Waals surface area contributed by atoms with E-state index in [1.807, 2.05) is 6.07 Å². The largest absolute Gasteiger partial charge is 0.207 e. The van der Waals surface area contributed by atoms with Crippen molar-refractivity contribution >= 4 is 0 Å². The molecule has 0 unspecified atom stereocenters. The summed E-state index contributed by atoms with van der Waals surface area (Å²) in [4.78, 5) is 0. The summed E-state index contributed by atoms with van der Waals surface area (Å²) in [6, 6.07) is 14.2. The molecule has 0 amide bonds. The molecule has 1 heteroatoms. The van der Waals surface area contributed by atoms with E-state index in [1.165, 1.54) is 82.6 Å². The van der Waals surface area contributed by atoms with Crippen molar-refractivity contribution in [1.29, 1.82) is 0 Å². The lowest BCUT2D eigenvalue weighted by molar-refractivity contribution is 0.296. The Kier molecular flexibility index (Phi) is 7.86. The minimum Gasteiger partial charge on any atom is -0.207 e. The van der Waals surface area contributed by atoms with Crippen LogP contribution in [0.4, 0.5) is 4.39 Å². The molecule has 2 fully saturated rings. The van der Waals surface area contributed by atoms with Crippen LogP contribution in [0.5, 0.6) is 0 Å². The van der Waals surface area contributed by atoms with Crippen LogP contribution in [0.15, 0.2) is 42.5 Å². The van der Waals surface area contributed by atoms with Crippen LogP contribution in [0, 0.1) is 17.7 Å². The summed E-state index contributed by atoms with van der Waals surface area (Å²) < 4.78 is 14.1. The third kappa shape index (κ3) is 5.41.